The summed E-state index contributed by atoms with van der Waals surface area (Å²) < 4.78 is 5.45. The fourth-order valence-electron chi connectivity index (χ4n) is 4.57. The fraction of sp³-hybridized carbons (Fsp3) is 0.391. The highest BCUT2D eigenvalue weighted by atomic mass is 16.5. The van der Waals surface area contributed by atoms with E-state index in [9.17, 15) is 9.59 Å². The Morgan fingerprint density at radius 3 is 2.55 bits per heavy atom. The van der Waals surface area contributed by atoms with Crippen molar-refractivity contribution < 1.29 is 14.3 Å². The van der Waals surface area contributed by atoms with Crippen molar-refractivity contribution in [3.63, 3.8) is 0 Å². The molecule has 3 aliphatic rings. The summed E-state index contributed by atoms with van der Waals surface area (Å²) in [5.41, 5.74) is 4.22. The number of para-hydroxylation sites is 1. The molecular formula is C23H25N3O3. The second-order valence-electron chi connectivity index (χ2n) is 7.89. The molecule has 2 fully saturated rings. The Bertz CT molecular complexity index is 924. The van der Waals surface area contributed by atoms with Crippen LogP contribution in [0.1, 0.15) is 12.0 Å². The minimum atomic E-state index is -0.291. The molecule has 2 aromatic rings. The molecule has 2 amide bonds. The van der Waals surface area contributed by atoms with E-state index in [1.165, 1.54) is 5.56 Å². The first-order chi connectivity index (χ1) is 14.2. The SMILES string of the molecule is O=C1CC(C(=O)N2CCc3ccc(N4CCOCC4)cc32)CN1c1ccccc1. The maximum absolute atomic E-state index is 13.3. The Balaban J connectivity index is 1.35. The van der Waals surface area contributed by atoms with Crippen LogP contribution in [-0.2, 0) is 20.7 Å². The summed E-state index contributed by atoms with van der Waals surface area (Å²) in [6.45, 7) is 4.36. The van der Waals surface area contributed by atoms with Crippen molar-refractivity contribution in [3.05, 3.63) is 54.1 Å². The van der Waals surface area contributed by atoms with E-state index in [-0.39, 0.29) is 24.2 Å². The van der Waals surface area contributed by atoms with Gasteiger partial charge in [0.2, 0.25) is 11.8 Å². The van der Waals surface area contributed by atoms with Crippen molar-refractivity contribution in [2.75, 3.05) is 54.1 Å². The van der Waals surface area contributed by atoms with E-state index in [0.717, 1.165) is 49.8 Å². The number of nitrogens with zero attached hydrogens (tertiary/aromatic N) is 3. The fourth-order valence-corrected chi connectivity index (χ4v) is 4.57. The standard InChI is InChI=1S/C23H25N3O3/c27-22-14-18(16-26(22)19-4-2-1-3-5-19)23(28)25-9-8-17-6-7-20(15-21(17)25)24-10-12-29-13-11-24/h1-7,15,18H,8-14,16H2. The minimum Gasteiger partial charge on any atom is -0.378 e. The van der Waals surface area contributed by atoms with E-state index in [4.69, 9.17) is 4.74 Å². The van der Waals surface area contributed by atoms with Crippen LogP contribution < -0.4 is 14.7 Å². The van der Waals surface area contributed by atoms with Gasteiger partial charge in [-0.25, -0.2) is 0 Å². The van der Waals surface area contributed by atoms with Crippen molar-refractivity contribution in [2.24, 2.45) is 5.92 Å². The molecular weight excluding hydrogens is 366 g/mol. The lowest BCUT2D eigenvalue weighted by Crippen LogP contribution is -2.37. The Kier molecular flexibility index (Phi) is 4.72. The van der Waals surface area contributed by atoms with E-state index in [0.29, 0.717) is 13.1 Å². The molecule has 1 unspecified atom stereocenters. The number of rotatable bonds is 3. The lowest BCUT2D eigenvalue weighted by molar-refractivity contribution is -0.124. The lowest BCUT2D eigenvalue weighted by atomic mass is 10.1. The highest BCUT2D eigenvalue weighted by Gasteiger charge is 2.39. The van der Waals surface area contributed by atoms with Crippen LogP contribution in [-0.4, -0.2) is 51.2 Å². The van der Waals surface area contributed by atoms with Crippen LogP contribution in [0.4, 0.5) is 17.1 Å². The van der Waals surface area contributed by atoms with Gasteiger partial charge in [0.05, 0.1) is 19.1 Å². The molecule has 2 aromatic carbocycles. The Morgan fingerprint density at radius 2 is 1.76 bits per heavy atom. The second-order valence-corrected chi connectivity index (χ2v) is 7.89. The summed E-state index contributed by atoms with van der Waals surface area (Å²) in [7, 11) is 0. The average Bonchev–Trinajstić information content (AvgIpc) is 3.37. The number of carbonyl (C=O) groups is 2. The summed E-state index contributed by atoms with van der Waals surface area (Å²) in [5.74, 6) is -0.202. The summed E-state index contributed by atoms with van der Waals surface area (Å²) >= 11 is 0. The van der Waals surface area contributed by atoms with Gasteiger partial charge in [0, 0.05) is 49.7 Å². The Morgan fingerprint density at radius 1 is 0.966 bits per heavy atom. The van der Waals surface area contributed by atoms with Gasteiger partial charge >= 0.3 is 0 Å². The predicted octanol–water partition coefficient (Wildman–Crippen LogP) is 2.47. The number of amides is 2. The van der Waals surface area contributed by atoms with Crippen LogP contribution in [0.25, 0.3) is 0 Å². The smallest absolute Gasteiger partial charge is 0.232 e. The molecule has 1 atom stereocenters. The Labute approximate surface area is 170 Å². The highest BCUT2D eigenvalue weighted by molar-refractivity contribution is 6.05. The van der Waals surface area contributed by atoms with Crippen molar-refractivity contribution in [2.45, 2.75) is 12.8 Å². The first-order valence-corrected chi connectivity index (χ1v) is 10.3. The third-order valence-corrected chi connectivity index (χ3v) is 6.15. The molecule has 5 rings (SSSR count). The molecule has 6 nitrogen and oxygen atoms in total. The Hall–Kier alpha value is -2.86. The monoisotopic (exact) mass is 391 g/mol. The third kappa shape index (κ3) is 3.38. The van der Waals surface area contributed by atoms with Gasteiger partial charge in [-0.05, 0) is 36.2 Å². The number of ether oxygens (including phenoxy) is 1. The molecule has 0 aliphatic carbocycles. The molecule has 0 radical (unpaired) electrons. The van der Waals surface area contributed by atoms with E-state index in [1.54, 1.807) is 4.90 Å². The number of anilines is 3. The molecule has 3 heterocycles. The lowest BCUT2D eigenvalue weighted by Gasteiger charge is -2.30. The van der Waals surface area contributed by atoms with Crippen molar-refractivity contribution in [1.82, 2.24) is 0 Å². The zero-order chi connectivity index (χ0) is 19.8. The summed E-state index contributed by atoms with van der Waals surface area (Å²) in [4.78, 5) is 31.8. The summed E-state index contributed by atoms with van der Waals surface area (Å²) in [6.07, 6.45) is 1.15. The maximum atomic E-state index is 13.3. The van der Waals surface area contributed by atoms with E-state index >= 15 is 0 Å². The van der Waals surface area contributed by atoms with Crippen LogP contribution in [0.3, 0.4) is 0 Å². The topological polar surface area (TPSA) is 53.1 Å². The van der Waals surface area contributed by atoms with Gasteiger partial charge in [-0.1, -0.05) is 24.3 Å². The molecule has 2 saturated heterocycles. The van der Waals surface area contributed by atoms with Gasteiger partial charge in [-0.15, -0.1) is 0 Å². The van der Waals surface area contributed by atoms with Crippen LogP contribution in [0.5, 0.6) is 0 Å². The minimum absolute atomic E-state index is 0.0241. The van der Waals surface area contributed by atoms with Crippen molar-refractivity contribution in [3.8, 4) is 0 Å². The molecule has 0 aromatic heterocycles. The van der Waals surface area contributed by atoms with Crippen molar-refractivity contribution >= 4 is 28.9 Å². The number of benzene rings is 2. The zero-order valence-corrected chi connectivity index (χ0v) is 16.4. The molecule has 0 saturated carbocycles. The number of hydrogen-bond acceptors (Lipinski definition) is 4. The number of hydrogen-bond donors (Lipinski definition) is 0. The van der Waals surface area contributed by atoms with E-state index in [2.05, 4.69) is 23.1 Å². The molecule has 0 N–H and O–H groups in total. The van der Waals surface area contributed by atoms with Crippen LogP contribution in [0, 0.1) is 5.92 Å². The number of carbonyl (C=O) groups excluding carboxylic acids is 2. The zero-order valence-electron chi connectivity index (χ0n) is 16.4. The first kappa shape index (κ1) is 18.2. The average molecular weight is 391 g/mol. The van der Waals surface area contributed by atoms with Gasteiger partial charge in [0.25, 0.3) is 0 Å². The first-order valence-electron chi connectivity index (χ1n) is 10.3. The molecule has 29 heavy (non-hydrogen) atoms. The second kappa shape index (κ2) is 7.52. The summed E-state index contributed by atoms with van der Waals surface area (Å²) in [6, 6.07) is 16.0. The van der Waals surface area contributed by atoms with Crippen LogP contribution in [0.15, 0.2) is 48.5 Å². The molecule has 0 spiro atoms. The normalized spacial score (nSPS) is 21.6. The summed E-state index contributed by atoms with van der Waals surface area (Å²) in [5, 5.41) is 0. The van der Waals surface area contributed by atoms with Crippen molar-refractivity contribution in [1.29, 1.82) is 0 Å². The molecule has 150 valence electrons. The van der Waals surface area contributed by atoms with Crippen LogP contribution >= 0.6 is 0 Å². The largest absolute Gasteiger partial charge is 0.378 e. The van der Waals surface area contributed by atoms with E-state index < -0.39 is 0 Å². The number of fused-ring (bicyclic) bond motifs is 1. The highest BCUT2D eigenvalue weighted by Crippen LogP contribution is 2.35. The molecule has 6 heteroatoms. The van der Waals surface area contributed by atoms with Gasteiger partial charge in [0.15, 0.2) is 0 Å². The van der Waals surface area contributed by atoms with E-state index in [1.807, 2.05) is 35.2 Å². The van der Waals surface area contributed by atoms with Gasteiger partial charge in [-0.3, -0.25) is 9.59 Å². The third-order valence-electron chi connectivity index (χ3n) is 6.15. The molecule has 3 aliphatic heterocycles. The maximum Gasteiger partial charge on any atom is 0.232 e. The van der Waals surface area contributed by atoms with Crippen LogP contribution in [0.2, 0.25) is 0 Å². The van der Waals surface area contributed by atoms with Gasteiger partial charge in [0.1, 0.15) is 0 Å². The number of morpholine rings is 1. The van der Waals surface area contributed by atoms with Gasteiger partial charge in [-0.2, -0.15) is 0 Å². The quantitative estimate of drug-likeness (QED) is 0.807. The predicted molar refractivity (Wildman–Crippen MR) is 112 cm³/mol. The van der Waals surface area contributed by atoms with Gasteiger partial charge < -0.3 is 19.4 Å². The molecule has 0 bridgehead atoms.